The van der Waals surface area contributed by atoms with Gasteiger partial charge in [-0.3, -0.25) is 4.79 Å². The molecule has 0 aromatic heterocycles. The van der Waals surface area contributed by atoms with E-state index >= 15 is 0 Å². The third-order valence-corrected chi connectivity index (χ3v) is 2.96. The van der Waals surface area contributed by atoms with E-state index in [4.69, 9.17) is 4.74 Å². The van der Waals surface area contributed by atoms with Gasteiger partial charge in [0.15, 0.2) is 0 Å². The van der Waals surface area contributed by atoms with Gasteiger partial charge in [-0.15, -0.1) is 0 Å². The van der Waals surface area contributed by atoms with Gasteiger partial charge in [0, 0.05) is 19.0 Å². The van der Waals surface area contributed by atoms with Crippen molar-refractivity contribution in [2.24, 2.45) is 11.8 Å². The summed E-state index contributed by atoms with van der Waals surface area (Å²) in [7, 11) is 0. The number of hydrogen-bond donors (Lipinski definition) is 2. The van der Waals surface area contributed by atoms with Crippen LogP contribution in [0.3, 0.4) is 0 Å². The van der Waals surface area contributed by atoms with E-state index in [0.717, 1.165) is 19.6 Å². The molecule has 2 saturated heterocycles. The van der Waals surface area contributed by atoms with Gasteiger partial charge in [-0.05, 0) is 19.4 Å². The van der Waals surface area contributed by atoms with E-state index in [2.05, 4.69) is 10.6 Å². The minimum absolute atomic E-state index is 0.0695. The Morgan fingerprint density at radius 1 is 1.46 bits per heavy atom. The lowest BCUT2D eigenvalue weighted by atomic mass is 9.94. The van der Waals surface area contributed by atoms with Gasteiger partial charge in [0.1, 0.15) is 6.04 Å². The molecule has 3 unspecified atom stereocenters. The molecule has 74 valence electrons. The van der Waals surface area contributed by atoms with Crippen LogP contribution in [-0.4, -0.2) is 38.3 Å². The van der Waals surface area contributed by atoms with Gasteiger partial charge >= 0.3 is 5.97 Å². The lowest BCUT2D eigenvalue weighted by Gasteiger charge is -2.15. The van der Waals surface area contributed by atoms with Crippen LogP contribution in [0.4, 0.5) is 0 Å². The zero-order valence-electron chi connectivity index (χ0n) is 7.88. The summed E-state index contributed by atoms with van der Waals surface area (Å²) in [6.45, 7) is 5.24. The highest BCUT2D eigenvalue weighted by molar-refractivity contribution is 5.76. The van der Waals surface area contributed by atoms with E-state index in [9.17, 15) is 4.79 Å². The molecule has 4 heteroatoms. The predicted octanol–water partition coefficient (Wildman–Crippen LogP) is -0.643. The van der Waals surface area contributed by atoms with E-state index in [-0.39, 0.29) is 12.0 Å². The molecule has 0 amide bonds. The highest BCUT2D eigenvalue weighted by Crippen LogP contribution is 2.26. The summed E-state index contributed by atoms with van der Waals surface area (Å²) < 4.78 is 5.00. The molecular formula is C9H16N2O2. The van der Waals surface area contributed by atoms with Crippen molar-refractivity contribution in [1.82, 2.24) is 10.6 Å². The number of rotatable bonds is 2. The molecule has 0 aromatic carbocycles. The Morgan fingerprint density at radius 3 is 3.08 bits per heavy atom. The minimum Gasteiger partial charge on any atom is -0.465 e. The van der Waals surface area contributed by atoms with Crippen LogP contribution < -0.4 is 10.6 Å². The van der Waals surface area contributed by atoms with Gasteiger partial charge in [-0.1, -0.05) is 0 Å². The molecule has 2 N–H and O–H groups in total. The van der Waals surface area contributed by atoms with Gasteiger partial charge < -0.3 is 15.4 Å². The Kier molecular flexibility index (Phi) is 2.51. The summed E-state index contributed by atoms with van der Waals surface area (Å²) in [5.41, 5.74) is 0. The summed E-state index contributed by atoms with van der Waals surface area (Å²) in [6, 6.07) is -0.0695. The highest BCUT2D eigenvalue weighted by Gasteiger charge is 2.43. The smallest absolute Gasteiger partial charge is 0.323 e. The Labute approximate surface area is 78.0 Å². The van der Waals surface area contributed by atoms with Crippen LogP contribution in [0.2, 0.25) is 0 Å². The first kappa shape index (κ1) is 8.97. The number of fused-ring (bicyclic) bond motifs is 1. The molecule has 2 rings (SSSR count). The molecule has 0 bridgehead atoms. The maximum absolute atomic E-state index is 11.5. The van der Waals surface area contributed by atoms with Crippen LogP contribution in [0.5, 0.6) is 0 Å². The number of carbonyl (C=O) groups excluding carboxylic acids is 1. The molecule has 4 nitrogen and oxygen atoms in total. The fourth-order valence-corrected chi connectivity index (χ4v) is 2.29. The first-order valence-corrected chi connectivity index (χ1v) is 4.93. The van der Waals surface area contributed by atoms with Crippen molar-refractivity contribution in [3.8, 4) is 0 Å². The lowest BCUT2D eigenvalue weighted by molar-refractivity contribution is -0.146. The molecule has 0 spiro atoms. The van der Waals surface area contributed by atoms with Crippen LogP contribution in [0, 0.1) is 11.8 Å². The van der Waals surface area contributed by atoms with Crippen molar-refractivity contribution in [3.63, 3.8) is 0 Å². The molecule has 3 atom stereocenters. The number of esters is 1. The lowest BCUT2D eigenvalue weighted by Crippen LogP contribution is -2.39. The molecule has 13 heavy (non-hydrogen) atoms. The number of hydrogen-bond acceptors (Lipinski definition) is 4. The summed E-state index contributed by atoms with van der Waals surface area (Å²) >= 11 is 0. The van der Waals surface area contributed by atoms with Crippen molar-refractivity contribution in [2.75, 3.05) is 26.2 Å². The fraction of sp³-hybridized carbons (Fsp3) is 0.889. The van der Waals surface area contributed by atoms with E-state index in [1.165, 1.54) is 0 Å². The second-order valence-electron chi connectivity index (χ2n) is 3.72. The number of carbonyl (C=O) groups is 1. The summed E-state index contributed by atoms with van der Waals surface area (Å²) in [4.78, 5) is 11.5. The van der Waals surface area contributed by atoms with Crippen LogP contribution in [0.25, 0.3) is 0 Å². The first-order chi connectivity index (χ1) is 6.33. The second-order valence-corrected chi connectivity index (χ2v) is 3.72. The minimum atomic E-state index is -0.0845. The molecule has 0 radical (unpaired) electrons. The molecule has 2 aliphatic rings. The van der Waals surface area contributed by atoms with E-state index < -0.39 is 0 Å². The average Bonchev–Trinajstić information content (AvgIpc) is 2.62. The van der Waals surface area contributed by atoms with Crippen molar-refractivity contribution < 1.29 is 9.53 Å². The number of nitrogens with one attached hydrogen (secondary N) is 2. The summed E-state index contributed by atoms with van der Waals surface area (Å²) in [6.07, 6.45) is 0. The Morgan fingerprint density at radius 2 is 2.31 bits per heavy atom. The predicted molar refractivity (Wildman–Crippen MR) is 48.3 cm³/mol. The Bertz CT molecular complexity index is 208. The molecule has 0 aromatic rings. The Balaban J connectivity index is 1.96. The van der Waals surface area contributed by atoms with E-state index in [1.807, 2.05) is 6.92 Å². The average molecular weight is 184 g/mol. The topological polar surface area (TPSA) is 50.4 Å². The first-order valence-electron chi connectivity index (χ1n) is 4.93. The molecule has 2 heterocycles. The monoisotopic (exact) mass is 184 g/mol. The van der Waals surface area contributed by atoms with Crippen LogP contribution in [0.1, 0.15) is 6.92 Å². The van der Waals surface area contributed by atoms with Crippen LogP contribution in [-0.2, 0) is 9.53 Å². The van der Waals surface area contributed by atoms with E-state index in [0.29, 0.717) is 18.4 Å². The third-order valence-electron chi connectivity index (χ3n) is 2.96. The highest BCUT2D eigenvalue weighted by atomic mass is 16.5. The summed E-state index contributed by atoms with van der Waals surface area (Å²) in [5.74, 6) is 0.979. The third kappa shape index (κ3) is 1.56. The van der Waals surface area contributed by atoms with Gasteiger partial charge in [0.2, 0.25) is 0 Å². The standard InChI is InChI=1S/C9H16N2O2/c1-2-13-9(12)8-7-5-10-3-6(7)4-11-8/h6-8,10-11H,2-5H2,1H3. The second kappa shape index (κ2) is 3.64. The molecule has 0 aliphatic carbocycles. The van der Waals surface area contributed by atoms with Crippen LogP contribution in [0.15, 0.2) is 0 Å². The van der Waals surface area contributed by atoms with Crippen LogP contribution >= 0.6 is 0 Å². The quantitative estimate of drug-likeness (QED) is 0.560. The Hall–Kier alpha value is -0.610. The maximum atomic E-state index is 11.5. The van der Waals surface area contributed by atoms with Gasteiger partial charge in [-0.25, -0.2) is 0 Å². The molecular weight excluding hydrogens is 168 g/mol. The molecule has 0 saturated carbocycles. The van der Waals surface area contributed by atoms with Crippen molar-refractivity contribution in [3.05, 3.63) is 0 Å². The maximum Gasteiger partial charge on any atom is 0.323 e. The number of ether oxygens (including phenoxy) is 1. The van der Waals surface area contributed by atoms with Gasteiger partial charge in [-0.2, -0.15) is 0 Å². The zero-order chi connectivity index (χ0) is 9.26. The largest absolute Gasteiger partial charge is 0.465 e. The fourth-order valence-electron chi connectivity index (χ4n) is 2.29. The van der Waals surface area contributed by atoms with Gasteiger partial charge in [0.25, 0.3) is 0 Å². The molecule has 2 aliphatic heterocycles. The SMILES string of the molecule is CCOC(=O)C1NCC2CNCC21. The zero-order valence-corrected chi connectivity index (χ0v) is 7.88. The van der Waals surface area contributed by atoms with Crippen molar-refractivity contribution in [2.45, 2.75) is 13.0 Å². The van der Waals surface area contributed by atoms with Gasteiger partial charge in [0.05, 0.1) is 6.61 Å². The normalized spacial score (nSPS) is 37.5. The summed E-state index contributed by atoms with van der Waals surface area (Å²) in [5, 5.41) is 6.53. The van der Waals surface area contributed by atoms with Crippen molar-refractivity contribution in [1.29, 1.82) is 0 Å². The molecule has 2 fully saturated rings. The van der Waals surface area contributed by atoms with E-state index in [1.54, 1.807) is 0 Å². The van der Waals surface area contributed by atoms with Crippen molar-refractivity contribution >= 4 is 5.97 Å².